The maximum absolute atomic E-state index is 13.0. The second-order valence-electron chi connectivity index (χ2n) is 4.78. The molecule has 0 saturated carbocycles. The van der Waals surface area contributed by atoms with Crippen LogP contribution in [0.25, 0.3) is 0 Å². The largest absolute Gasteiger partial charge is 0.322 e. The molecule has 1 atom stereocenters. The Morgan fingerprint density at radius 1 is 1.00 bits per heavy atom. The number of hydrogen-bond acceptors (Lipinski definition) is 2. The number of carbonyl (C=O) groups excluding carboxylic acids is 1. The van der Waals surface area contributed by atoms with Gasteiger partial charge in [-0.05, 0) is 42.0 Å². The average Bonchev–Trinajstić information content (AvgIpc) is 2.97. The van der Waals surface area contributed by atoms with E-state index in [1.807, 2.05) is 0 Å². The Balaban J connectivity index is 1.85. The van der Waals surface area contributed by atoms with Crippen LogP contribution in [0, 0.1) is 11.6 Å². The summed E-state index contributed by atoms with van der Waals surface area (Å²) in [6.45, 7) is 0.628. The normalized spacial score (nSPS) is 18.0. The fourth-order valence-corrected chi connectivity index (χ4v) is 3.60. The van der Waals surface area contributed by atoms with E-state index in [2.05, 4.69) is 0 Å². The molecule has 0 spiro atoms. The molecule has 1 amide bonds. The molecule has 5 heteroatoms. The van der Waals surface area contributed by atoms with Gasteiger partial charge in [-0.15, -0.1) is 11.8 Å². The van der Waals surface area contributed by atoms with Gasteiger partial charge in [-0.2, -0.15) is 0 Å². The Morgan fingerprint density at radius 3 is 2.19 bits per heavy atom. The lowest BCUT2D eigenvalue weighted by molar-refractivity contribution is 0.0760. The number of halogens is 2. The molecule has 2 nitrogen and oxygen atoms in total. The molecule has 2 aromatic carbocycles. The summed E-state index contributed by atoms with van der Waals surface area (Å²) in [5.41, 5.74) is 1.36. The van der Waals surface area contributed by atoms with Gasteiger partial charge in [-0.1, -0.05) is 12.1 Å². The van der Waals surface area contributed by atoms with Crippen molar-refractivity contribution < 1.29 is 13.6 Å². The molecule has 1 aliphatic rings. The quantitative estimate of drug-likeness (QED) is 0.840. The van der Waals surface area contributed by atoms with Gasteiger partial charge in [0, 0.05) is 17.9 Å². The van der Waals surface area contributed by atoms with Crippen molar-refractivity contribution in [3.8, 4) is 0 Å². The molecule has 108 valence electrons. The fraction of sp³-hybridized carbons (Fsp3) is 0.188. The molecule has 1 aliphatic heterocycles. The molecule has 1 fully saturated rings. The first-order valence-corrected chi connectivity index (χ1v) is 7.63. The van der Waals surface area contributed by atoms with E-state index in [-0.39, 0.29) is 22.9 Å². The maximum Gasteiger partial charge on any atom is 0.255 e. The zero-order valence-electron chi connectivity index (χ0n) is 11.1. The maximum atomic E-state index is 13.0. The molecule has 0 radical (unpaired) electrons. The van der Waals surface area contributed by atoms with Gasteiger partial charge in [-0.25, -0.2) is 8.78 Å². The summed E-state index contributed by atoms with van der Waals surface area (Å²) in [4.78, 5) is 14.3. The van der Waals surface area contributed by atoms with Crippen LogP contribution in [0.1, 0.15) is 21.3 Å². The van der Waals surface area contributed by atoms with E-state index in [0.717, 1.165) is 11.3 Å². The summed E-state index contributed by atoms with van der Waals surface area (Å²) in [7, 11) is 0. The lowest BCUT2D eigenvalue weighted by atomic mass is 10.1. The molecule has 1 saturated heterocycles. The first kappa shape index (κ1) is 14.1. The smallest absolute Gasteiger partial charge is 0.255 e. The highest BCUT2D eigenvalue weighted by Crippen LogP contribution is 2.38. The summed E-state index contributed by atoms with van der Waals surface area (Å²) < 4.78 is 26.0. The van der Waals surface area contributed by atoms with Gasteiger partial charge in [0.05, 0.1) is 0 Å². The summed E-state index contributed by atoms with van der Waals surface area (Å²) in [5.74, 6) is 0.0412. The van der Waals surface area contributed by atoms with Crippen molar-refractivity contribution in [3.05, 3.63) is 71.3 Å². The van der Waals surface area contributed by atoms with Gasteiger partial charge in [0.15, 0.2) is 0 Å². The van der Waals surface area contributed by atoms with Crippen LogP contribution in [0.5, 0.6) is 0 Å². The number of amides is 1. The Morgan fingerprint density at radius 2 is 1.57 bits per heavy atom. The fourth-order valence-electron chi connectivity index (χ4n) is 2.34. The topological polar surface area (TPSA) is 20.3 Å². The summed E-state index contributed by atoms with van der Waals surface area (Å²) in [6, 6.07) is 11.7. The van der Waals surface area contributed by atoms with Gasteiger partial charge >= 0.3 is 0 Å². The minimum atomic E-state index is -0.363. The number of rotatable bonds is 2. The lowest BCUT2D eigenvalue weighted by Crippen LogP contribution is -2.30. The predicted molar refractivity (Wildman–Crippen MR) is 79.0 cm³/mol. The molecule has 0 N–H and O–H groups in total. The Hall–Kier alpha value is -1.88. The van der Waals surface area contributed by atoms with Crippen molar-refractivity contribution in [2.45, 2.75) is 5.37 Å². The molecular weight excluding hydrogens is 292 g/mol. The Kier molecular flexibility index (Phi) is 3.92. The highest BCUT2D eigenvalue weighted by atomic mass is 32.2. The summed E-state index contributed by atoms with van der Waals surface area (Å²) in [5, 5.41) is -0.122. The van der Waals surface area contributed by atoms with E-state index in [9.17, 15) is 13.6 Å². The van der Waals surface area contributed by atoms with Crippen molar-refractivity contribution >= 4 is 17.7 Å². The van der Waals surface area contributed by atoms with Gasteiger partial charge in [-0.3, -0.25) is 4.79 Å². The third-order valence-electron chi connectivity index (χ3n) is 3.40. The number of nitrogens with zero attached hydrogens (tertiary/aromatic N) is 1. The molecule has 0 aliphatic carbocycles. The number of benzene rings is 2. The highest BCUT2D eigenvalue weighted by molar-refractivity contribution is 7.99. The van der Waals surface area contributed by atoms with Gasteiger partial charge < -0.3 is 4.90 Å². The molecule has 1 unspecified atom stereocenters. The van der Waals surface area contributed by atoms with Gasteiger partial charge in [0.1, 0.15) is 17.0 Å². The molecule has 0 bridgehead atoms. The minimum Gasteiger partial charge on any atom is -0.322 e. The highest BCUT2D eigenvalue weighted by Gasteiger charge is 2.31. The zero-order chi connectivity index (χ0) is 14.8. The first-order chi connectivity index (χ1) is 10.1. The van der Waals surface area contributed by atoms with Crippen LogP contribution in [0.3, 0.4) is 0 Å². The minimum absolute atomic E-state index is 0.122. The number of carbonyl (C=O) groups is 1. The van der Waals surface area contributed by atoms with Crippen LogP contribution in [0.15, 0.2) is 48.5 Å². The molecule has 2 aromatic rings. The first-order valence-electron chi connectivity index (χ1n) is 6.59. The molecule has 21 heavy (non-hydrogen) atoms. The van der Waals surface area contributed by atoms with E-state index in [0.29, 0.717) is 12.1 Å². The van der Waals surface area contributed by atoms with Crippen LogP contribution < -0.4 is 0 Å². The molecule has 1 heterocycles. The Bertz CT molecular complexity index is 642. The van der Waals surface area contributed by atoms with Crippen molar-refractivity contribution in [1.82, 2.24) is 4.90 Å². The van der Waals surface area contributed by atoms with E-state index >= 15 is 0 Å². The standard InChI is InChI=1S/C16H13F2NOS/c17-13-5-1-11(2-6-13)15(20)19-9-10-21-16(19)12-3-7-14(18)8-4-12/h1-8,16H,9-10H2. The molecule has 0 aromatic heterocycles. The Labute approximate surface area is 125 Å². The average molecular weight is 305 g/mol. The van der Waals surface area contributed by atoms with Crippen LogP contribution in [-0.2, 0) is 0 Å². The number of hydrogen-bond donors (Lipinski definition) is 0. The lowest BCUT2D eigenvalue weighted by Gasteiger charge is -2.24. The summed E-state index contributed by atoms with van der Waals surface area (Å²) in [6.07, 6.45) is 0. The number of thioether (sulfide) groups is 1. The van der Waals surface area contributed by atoms with Crippen molar-refractivity contribution in [2.24, 2.45) is 0 Å². The van der Waals surface area contributed by atoms with Crippen LogP contribution in [0.4, 0.5) is 8.78 Å². The molecule has 3 rings (SSSR count). The molecular formula is C16H13F2NOS. The second kappa shape index (κ2) is 5.85. The third kappa shape index (κ3) is 2.93. The monoisotopic (exact) mass is 305 g/mol. The van der Waals surface area contributed by atoms with E-state index in [1.165, 1.54) is 36.4 Å². The van der Waals surface area contributed by atoms with E-state index < -0.39 is 0 Å². The van der Waals surface area contributed by atoms with E-state index in [4.69, 9.17) is 0 Å². The van der Waals surface area contributed by atoms with Crippen molar-refractivity contribution in [1.29, 1.82) is 0 Å². The summed E-state index contributed by atoms with van der Waals surface area (Å²) >= 11 is 1.64. The van der Waals surface area contributed by atoms with Crippen LogP contribution in [0.2, 0.25) is 0 Å². The predicted octanol–water partition coefficient (Wildman–Crippen LogP) is 3.85. The van der Waals surface area contributed by atoms with Crippen molar-refractivity contribution in [3.63, 3.8) is 0 Å². The van der Waals surface area contributed by atoms with Crippen LogP contribution in [-0.4, -0.2) is 23.1 Å². The second-order valence-corrected chi connectivity index (χ2v) is 5.97. The van der Waals surface area contributed by atoms with Gasteiger partial charge in [0.25, 0.3) is 5.91 Å². The van der Waals surface area contributed by atoms with Crippen LogP contribution >= 0.6 is 11.8 Å². The van der Waals surface area contributed by atoms with E-state index in [1.54, 1.807) is 28.8 Å². The SMILES string of the molecule is O=C(c1ccc(F)cc1)N1CCSC1c1ccc(F)cc1. The van der Waals surface area contributed by atoms with Gasteiger partial charge in [0.2, 0.25) is 0 Å². The van der Waals surface area contributed by atoms with Crippen molar-refractivity contribution in [2.75, 3.05) is 12.3 Å². The zero-order valence-corrected chi connectivity index (χ0v) is 11.9. The third-order valence-corrected chi connectivity index (χ3v) is 4.66.